The molecule has 1 heterocycles. The Morgan fingerprint density at radius 1 is 1.35 bits per heavy atom. The largest absolute Gasteiger partial charge is 0.387 e. The zero-order chi connectivity index (χ0) is 16.8. The standard InChI is InChI=1S/C16H21FN4O2/c1-3-14-12(10-21(2)20-14)8-18-16(23)19-9-15(22)11-4-6-13(17)7-5-11/h4-7,10,15,22H,3,8-9H2,1-2H3,(H2,18,19,23). The maximum absolute atomic E-state index is 12.8. The smallest absolute Gasteiger partial charge is 0.315 e. The van der Waals surface area contributed by atoms with Gasteiger partial charge in [0, 0.05) is 31.9 Å². The summed E-state index contributed by atoms with van der Waals surface area (Å²) in [6.07, 6.45) is 1.78. The molecule has 124 valence electrons. The van der Waals surface area contributed by atoms with Gasteiger partial charge in [-0.25, -0.2) is 9.18 Å². The van der Waals surface area contributed by atoms with Crippen LogP contribution in [-0.4, -0.2) is 27.5 Å². The lowest BCUT2D eigenvalue weighted by Gasteiger charge is -2.13. The Bertz CT molecular complexity index is 655. The van der Waals surface area contributed by atoms with E-state index in [1.54, 1.807) is 4.68 Å². The van der Waals surface area contributed by atoms with Crippen LogP contribution in [-0.2, 0) is 20.0 Å². The number of aliphatic hydroxyl groups is 1. The van der Waals surface area contributed by atoms with Crippen molar-refractivity contribution in [3.63, 3.8) is 0 Å². The number of hydrogen-bond donors (Lipinski definition) is 3. The molecule has 0 spiro atoms. The second-order valence-electron chi connectivity index (χ2n) is 5.26. The number of hydrogen-bond acceptors (Lipinski definition) is 3. The number of carbonyl (C=O) groups excluding carboxylic acids is 1. The lowest BCUT2D eigenvalue weighted by atomic mass is 10.1. The van der Waals surface area contributed by atoms with Gasteiger partial charge in [0.1, 0.15) is 5.82 Å². The first-order valence-electron chi connectivity index (χ1n) is 7.46. The molecule has 0 aliphatic carbocycles. The van der Waals surface area contributed by atoms with E-state index in [1.165, 1.54) is 24.3 Å². The minimum absolute atomic E-state index is 0.0468. The van der Waals surface area contributed by atoms with E-state index in [4.69, 9.17) is 0 Å². The summed E-state index contributed by atoms with van der Waals surface area (Å²) in [7, 11) is 1.84. The van der Waals surface area contributed by atoms with Gasteiger partial charge < -0.3 is 15.7 Å². The fraction of sp³-hybridized carbons (Fsp3) is 0.375. The molecule has 3 N–H and O–H groups in total. The molecule has 2 rings (SSSR count). The lowest BCUT2D eigenvalue weighted by molar-refractivity contribution is 0.173. The van der Waals surface area contributed by atoms with Crippen LogP contribution >= 0.6 is 0 Å². The number of halogens is 1. The first-order chi connectivity index (χ1) is 11.0. The van der Waals surface area contributed by atoms with E-state index in [-0.39, 0.29) is 18.4 Å². The Kier molecular flexibility index (Phi) is 5.70. The highest BCUT2D eigenvalue weighted by atomic mass is 19.1. The second kappa shape index (κ2) is 7.73. The van der Waals surface area contributed by atoms with Gasteiger partial charge in [0.15, 0.2) is 0 Å². The molecule has 2 amide bonds. The molecule has 1 aromatic carbocycles. The van der Waals surface area contributed by atoms with Gasteiger partial charge in [0.2, 0.25) is 0 Å². The number of aryl methyl sites for hydroxylation is 2. The summed E-state index contributed by atoms with van der Waals surface area (Å²) in [5.41, 5.74) is 2.45. The average Bonchev–Trinajstić information content (AvgIpc) is 2.91. The van der Waals surface area contributed by atoms with Gasteiger partial charge in [-0.2, -0.15) is 5.10 Å². The van der Waals surface area contributed by atoms with E-state index in [1.807, 2.05) is 20.2 Å². The van der Waals surface area contributed by atoms with Crippen molar-refractivity contribution < 1.29 is 14.3 Å². The molecule has 0 fully saturated rings. The predicted molar refractivity (Wildman–Crippen MR) is 84.2 cm³/mol. The topological polar surface area (TPSA) is 79.2 Å². The van der Waals surface area contributed by atoms with E-state index >= 15 is 0 Å². The quantitative estimate of drug-likeness (QED) is 0.757. The number of benzene rings is 1. The zero-order valence-electron chi connectivity index (χ0n) is 13.2. The van der Waals surface area contributed by atoms with E-state index in [2.05, 4.69) is 15.7 Å². The summed E-state index contributed by atoms with van der Waals surface area (Å²) >= 11 is 0. The number of carbonyl (C=O) groups is 1. The highest BCUT2D eigenvalue weighted by Crippen LogP contribution is 2.12. The Labute approximate surface area is 134 Å². The van der Waals surface area contributed by atoms with Crippen molar-refractivity contribution >= 4 is 6.03 Å². The number of rotatable bonds is 6. The van der Waals surface area contributed by atoms with Crippen LogP contribution in [0.3, 0.4) is 0 Å². The maximum atomic E-state index is 12.8. The molecule has 1 unspecified atom stereocenters. The number of aromatic nitrogens is 2. The van der Waals surface area contributed by atoms with E-state index < -0.39 is 6.10 Å². The van der Waals surface area contributed by atoms with Crippen LogP contribution < -0.4 is 10.6 Å². The summed E-state index contributed by atoms with van der Waals surface area (Å²) in [5, 5.41) is 19.6. The van der Waals surface area contributed by atoms with Gasteiger partial charge in [-0.05, 0) is 24.1 Å². The van der Waals surface area contributed by atoms with Crippen LogP contribution in [0.5, 0.6) is 0 Å². The second-order valence-corrected chi connectivity index (χ2v) is 5.26. The number of amides is 2. The number of aliphatic hydroxyl groups excluding tert-OH is 1. The highest BCUT2D eigenvalue weighted by Gasteiger charge is 2.11. The number of urea groups is 1. The van der Waals surface area contributed by atoms with Crippen LogP contribution in [0.1, 0.15) is 29.8 Å². The van der Waals surface area contributed by atoms with Crippen LogP contribution in [0.2, 0.25) is 0 Å². The normalized spacial score (nSPS) is 12.0. The third kappa shape index (κ3) is 4.79. The molecule has 0 saturated heterocycles. The molecule has 0 radical (unpaired) electrons. The molecule has 0 aliphatic heterocycles. The molecule has 1 atom stereocenters. The molecular weight excluding hydrogens is 299 g/mol. The summed E-state index contributed by atoms with van der Waals surface area (Å²) in [6.45, 7) is 2.42. The fourth-order valence-corrected chi connectivity index (χ4v) is 2.26. The minimum Gasteiger partial charge on any atom is -0.387 e. The highest BCUT2D eigenvalue weighted by molar-refractivity contribution is 5.73. The number of nitrogens with zero attached hydrogens (tertiary/aromatic N) is 2. The summed E-state index contributed by atoms with van der Waals surface area (Å²) in [6, 6.07) is 5.14. The van der Waals surface area contributed by atoms with Crippen molar-refractivity contribution in [2.75, 3.05) is 6.54 Å². The Morgan fingerprint density at radius 2 is 2.04 bits per heavy atom. The molecule has 6 nitrogen and oxygen atoms in total. The van der Waals surface area contributed by atoms with Crippen LogP contribution in [0.25, 0.3) is 0 Å². The predicted octanol–water partition coefficient (Wildman–Crippen LogP) is 1.65. The Morgan fingerprint density at radius 3 is 2.70 bits per heavy atom. The van der Waals surface area contributed by atoms with Crippen molar-refractivity contribution in [3.8, 4) is 0 Å². The summed E-state index contributed by atoms with van der Waals surface area (Å²) in [4.78, 5) is 11.8. The SMILES string of the molecule is CCc1nn(C)cc1CNC(=O)NCC(O)c1ccc(F)cc1. The third-order valence-corrected chi connectivity index (χ3v) is 3.48. The van der Waals surface area contributed by atoms with E-state index in [0.717, 1.165) is 17.7 Å². The van der Waals surface area contributed by atoms with Gasteiger partial charge in [-0.3, -0.25) is 4.68 Å². The van der Waals surface area contributed by atoms with E-state index in [0.29, 0.717) is 12.1 Å². The zero-order valence-corrected chi connectivity index (χ0v) is 13.2. The third-order valence-electron chi connectivity index (χ3n) is 3.48. The van der Waals surface area contributed by atoms with Crippen molar-refractivity contribution in [3.05, 3.63) is 53.1 Å². The van der Waals surface area contributed by atoms with Gasteiger partial charge in [0.25, 0.3) is 0 Å². The van der Waals surface area contributed by atoms with Crippen molar-refractivity contribution in [1.29, 1.82) is 0 Å². The molecule has 7 heteroatoms. The van der Waals surface area contributed by atoms with Gasteiger partial charge in [-0.1, -0.05) is 19.1 Å². The minimum atomic E-state index is -0.883. The molecule has 0 aliphatic rings. The van der Waals surface area contributed by atoms with Gasteiger partial charge >= 0.3 is 6.03 Å². The summed E-state index contributed by atoms with van der Waals surface area (Å²) < 4.78 is 14.5. The first kappa shape index (κ1) is 17.0. The summed E-state index contributed by atoms with van der Waals surface area (Å²) in [5.74, 6) is -0.366. The van der Waals surface area contributed by atoms with Crippen molar-refractivity contribution in [2.45, 2.75) is 26.0 Å². The van der Waals surface area contributed by atoms with Crippen molar-refractivity contribution in [2.24, 2.45) is 7.05 Å². The van der Waals surface area contributed by atoms with Gasteiger partial charge in [-0.15, -0.1) is 0 Å². The van der Waals surface area contributed by atoms with Crippen LogP contribution in [0.4, 0.5) is 9.18 Å². The first-order valence-corrected chi connectivity index (χ1v) is 7.46. The molecular formula is C16H21FN4O2. The fourth-order valence-electron chi connectivity index (χ4n) is 2.26. The Balaban J connectivity index is 1.79. The lowest BCUT2D eigenvalue weighted by Crippen LogP contribution is -2.37. The molecule has 1 aromatic heterocycles. The molecule has 0 bridgehead atoms. The average molecular weight is 320 g/mol. The van der Waals surface area contributed by atoms with Crippen LogP contribution in [0, 0.1) is 5.82 Å². The van der Waals surface area contributed by atoms with Crippen molar-refractivity contribution in [1.82, 2.24) is 20.4 Å². The Hall–Kier alpha value is -2.41. The molecule has 0 saturated carbocycles. The van der Waals surface area contributed by atoms with Crippen LogP contribution in [0.15, 0.2) is 30.5 Å². The maximum Gasteiger partial charge on any atom is 0.315 e. The number of nitrogens with one attached hydrogen (secondary N) is 2. The monoisotopic (exact) mass is 320 g/mol. The molecule has 23 heavy (non-hydrogen) atoms. The van der Waals surface area contributed by atoms with E-state index in [9.17, 15) is 14.3 Å². The van der Waals surface area contributed by atoms with Gasteiger partial charge in [0.05, 0.1) is 11.8 Å². The molecule has 2 aromatic rings.